The van der Waals surface area contributed by atoms with E-state index in [2.05, 4.69) is 5.32 Å². The lowest BCUT2D eigenvalue weighted by Gasteiger charge is -2.33. The first kappa shape index (κ1) is 21.9. The van der Waals surface area contributed by atoms with Crippen molar-refractivity contribution in [2.45, 2.75) is 51.6 Å². The molecular weight excluding hydrogens is 413 g/mol. The Morgan fingerprint density at radius 1 is 1.10 bits per heavy atom. The maximum absolute atomic E-state index is 12.7. The van der Waals surface area contributed by atoms with E-state index in [-0.39, 0.29) is 41.6 Å². The maximum atomic E-state index is 12.7. The summed E-state index contributed by atoms with van der Waals surface area (Å²) in [5, 5.41) is 3.85. The molecule has 6 nitrogen and oxygen atoms in total. The van der Waals surface area contributed by atoms with Crippen molar-refractivity contribution >= 4 is 40.9 Å². The van der Waals surface area contributed by atoms with Crippen molar-refractivity contribution < 1.29 is 14.4 Å². The number of benzene rings is 1. The van der Waals surface area contributed by atoms with E-state index in [4.69, 9.17) is 23.2 Å². The molecule has 2 heterocycles. The average Bonchev–Trinajstić information content (AvgIpc) is 3.06. The lowest BCUT2D eigenvalue weighted by molar-refractivity contribution is -0.132. The zero-order chi connectivity index (χ0) is 21.3. The molecule has 0 saturated carbocycles. The van der Waals surface area contributed by atoms with Crippen LogP contribution in [0, 0.1) is 5.92 Å². The van der Waals surface area contributed by atoms with Crippen LogP contribution in [0.2, 0.25) is 10.0 Å². The van der Waals surface area contributed by atoms with E-state index < -0.39 is 0 Å². The summed E-state index contributed by atoms with van der Waals surface area (Å²) in [6, 6.07) is 4.88. The summed E-state index contributed by atoms with van der Waals surface area (Å²) in [5.41, 5.74) is 0.233. The van der Waals surface area contributed by atoms with Gasteiger partial charge < -0.3 is 15.1 Å². The van der Waals surface area contributed by atoms with Gasteiger partial charge in [0.05, 0.1) is 16.0 Å². The molecule has 3 amide bonds. The molecule has 0 bridgehead atoms. The Bertz CT molecular complexity index is 814. The number of hydrogen-bond acceptors (Lipinski definition) is 3. The Morgan fingerprint density at radius 3 is 2.31 bits per heavy atom. The van der Waals surface area contributed by atoms with E-state index in [0.717, 1.165) is 0 Å². The van der Waals surface area contributed by atoms with Crippen LogP contribution in [0.5, 0.6) is 0 Å². The minimum absolute atomic E-state index is 0.0131. The summed E-state index contributed by atoms with van der Waals surface area (Å²) in [5.74, 6) is -0.438. The molecule has 0 radical (unpaired) electrons. The molecule has 1 aromatic carbocycles. The summed E-state index contributed by atoms with van der Waals surface area (Å²) in [7, 11) is 0. The van der Waals surface area contributed by atoms with Gasteiger partial charge in [0.2, 0.25) is 11.8 Å². The summed E-state index contributed by atoms with van der Waals surface area (Å²) in [6.07, 6.45) is 1.63. The van der Waals surface area contributed by atoms with Crippen molar-refractivity contribution in [3.05, 3.63) is 33.8 Å². The first-order chi connectivity index (χ1) is 13.6. The zero-order valence-electron chi connectivity index (χ0n) is 17.0. The van der Waals surface area contributed by atoms with Gasteiger partial charge in [-0.3, -0.25) is 14.4 Å². The highest BCUT2D eigenvalue weighted by atomic mass is 35.5. The highest BCUT2D eigenvalue weighted by Crippen LogP contribution is 2.27. The molecule has 29 heavy (non-hydrogen) atoms. The maximum Gasteiger partial charge on any atom is 0.253 e. The van der Waals surface area contributed by atoms with Gasteiger partial charge in [-0.1, -0.05) is 23.2 Å². The Hall–Kier alpha value is -1.79. The van der Waals surface area contributed by atoms with Crippen LogP contribution in [0.25, 0.3) is 0 Å². The second-order valence-electron chi connectivity index (χ2n) is 8.78. The Labute approximate surface area is 181 Å². The van der Waals surface area contributed by atoms with Gasteiger partial charge in [0, 0.05) is 43.2 Å². The zero-order valence-corrected chi connectivity index (χ0v) is 18.5. The lowest BCUT2D eigenvalue weighted by Crippen LogP contribution is -2.48. The molecule has 0 aliphatic carbocycles. The van der Waals surface area contributed by atoms with E-state index >= 15 is 0 Å². The van der Waals surface area contributed by atoms with Crippen LogP contribution in [-0.4, -0.2) is 58.7 Å². The normalized spacial score (nSPS) is 20.9. The van der Waals surface area contributed by atoms with Crippen LogP contribution >= 0.6 is 23.2 Å². The molecule has 1 N–H and O–H groups in total. The van der Waals surface area contributed by atoms with Gasteiger partial charge in [0.15, 0.2) is 0 Å². The van der Waals surface area contributed by atoms with Crippen molar-refractivity contribution in [1.82, 2.24) is 15.1 Å². The number of amides is 3. The Balaban J connectivity index is 1.51. The predicted octanol–water partition coefficient (Wildman–Crippen LogP) is 3.36. The topological polar surface area (TPSA) is 69.7 Å². The van der Waals surface area contributed by atoms with Crippen LogP contribution in [0.15, 0.2) is 18.2 Å². The fourth-order valence-corrected chi connectivity index (χ4v) is 4.19. The van der Waals surface area contributed by atoms with Crippen LogP contribution in [0.1, 0.15) is 50.4 Å². The number of hydrogen-bond donors (Lipinski definition) is 1. The van der Waals surface area contributed by atoms with E-state index in [9.17, 15) is 14.4 Å². The van der Waals surface area contributed by atoms with Gasteiger partial charge >= 0.3 is 0 Å². The second kappa shape index (κ2) is 8.52. The van der Waals surface area contributed by atoms with E-state index in [1.807, 2.05) is 20.8 Å². The van der Waals surface area contributed by atoms with Crippen molar-refractivity contribution in [3.8, 4) is 0 Å². The summed E-state index contributed by atoms with van der Waals surface area (Å²) < 4.78 is 0. The molecule has 2 aliphatic heterocycles. The third-order valence-corrected chi connectivity index (χ3v) is 6.34. The largest absolute Gasteiger partial charge is 0.353 e. The molecule has 1 aromatic rings. The monoisotopic (exact) mass is 439 g/mol. The molecule has 8 heteroatoms. The minimum atomic E-state index is -0.308. The van der Waals surface area contributed by atoms with Crippen molar-refractivity contribution in [2.75, 3.05) is 19.6 Å². The Kier molecular flexibility index (Phi) is 6.44. The van der Waals surface area contributed by atoms with Gasteiger partial charge in [-0.25, -0.2) is 0 Å². The summed E-state index contributed by atoms with van der Waals surface area (Å²) >= 11 is 11.9. The van der Waals surface area contributed by atoms with Gasteiger partial charge in [-0.15, -0.1) is 0 Å². The molecular formula is C21H27Cl2N3O3. The van der Waals surface area contributed by atoms with Gasteiger partial charge in [0.1, 0.15) is 0 Å². The molecule has 1 atom stereocenters. The van der Waals surface area contributed by atoms with Crippen LogP contribution in [0.4, 0.5) is 0 Å². The number of nitrogens with zero attached hydrogens (tertiary/aromatic N) is 2. The fourth-order valence-electron chi connectivity index (χ4n) is 3.89. The van der Waals surface area contributed by atoms with Crippen molar-refractivity contribution in [3.63, 3.8) is 0 Å². The quantitative estimate of drug-likeness (QED) is 0.784. The molecule has 2 fully saturated rings. The lowest BCUT2D eigenvalue weighted by atomic mass is 10.0. The van der Waals surface area contributed by atoms with Crippen LogP contribution in [-0.2, 0) is 9.59 Å². The summed E-state index contributed by atoms with van der Waals surface area (Å²) in [6.45, 7) is 7.51. The van der Waals surface area contributed by atoms with Gasteiger partial charge in [-0.2, -0.15) is 0 Å². The number of halogens is 2. The van der Waals surface area contributed by atoms with Crippen molar-refractivity contribution in [2.24, 2.45) is 5.92 Å². The van der Waals surface area contributed by atoms with Crippen LogP contribution in [0.3, 0.4) is 0 Å². The number of likely N-dealkylation sites (tertiary alicyclic amines) is 2. The number of piperidine rings is 1. The Morgan fingerprint density at radius 2 is 1.76 bits per heavy atom. The second-order valence-corrected chi connectivity index (χ2v) is 9.59. The average molecular weight is 440 g/mol. The highest BCUT2D eigenvalue weighted by Gasteiger charge is 2.40. The van der Waals surface area contributed by atoms with E-state index in [0.29, 0.717) is 48.1 Å². The molecule has 0 spiro atoms. The standard InChI is InChI=1S/C21H27Cl2N3O3/c1-21(2,3)26-12-14(11-18(26)27)19(28)24-15-6-8-25(9-7-15)20(29)13-4-5-16(22)17(23)10-13/h4-5,10,14-15H,6-9,11-12H2,1-3H3,(H,24,28). The molecule has 1 unspecified atom stereocenters. The number of nitrogens with one attached hydrogen (secondary N) is 1. The molecule has 2 aliphatic rings. The van der Waals surface area contributed by atoms with E-state index in [1.165, 1.54) is 0 Å². The molecule has 158 valence electrons. The number of rotatable bonds is 3. The van der Waals surface area contributed by atoms with Crippen molar-refractivity contribution in [1.29, 1.82) is 0 Å². The smallest absolute Gasteiger partial charge is 0.253 e. The number of carbonyl (C=O) groups excluding carboxylic acids is 3. The highest BCUT2D eigenvalue weighted by molar-refractivity contribution is 6.42. The predicted molar refractivity (Wildman–Crippen MR) is 113 cm³/mol. The van der Waals surface area contributed by atoms with Gasteiger partial charge in [-0.05, 0) is 51.8 Å². The van der Waals surface area contributed by atoms with Crippen LogP contribution < -0.4 is 5.32 Å². The SMILES string of the molecule is CC(C)(C)N1CC(C(=O)NC2CCN(C(=O)c3ccc(Cl)c(Cl)c3)CC2)CC1=O. The van der Waals surface area contributed by atoms with Gasteiger partial charge in [0.25, 0.3) is 5.91 Å². The third kappa shape index (κ3) is 5.04. The fraction of sp³-hybridized carbons (Fsp3) is 0.571. The molecule has 0 aromatic heterocycles. The summed E-state index contributed by atoms with van der Waals surface area (Å²) in [4.78, 5) is 41.1. The molecule has 2 saturated heterocycles. The molecule has 3 rings (SSSR count). The minimum Gasteiger partial charge on any atom is -0.353 e. The number of carbonyl (C=O) groups is 3. The first-order valence-electron chi connectivity index (χ1n) is 9.91. The first-order valence-corrected chi connectivity index (χ1v) is 10.7. The third-order valence-electron chi connectivity index (χ3n) is 5.60. The van der Waals surface area contributed by atoms with E-state index in [1.54, 1.807) is 28.0 Å².